The van der Waals surface area contributed by atoms with Gasteiger partial charge in [-0.3, -0.25) is 9.78 Å². The summed E-state index contributed by atoms with van der Waals surface area (Å²) in [7, 11) is 0. The molecular formula is C121H93F2Ir4N11O4-6. The van der Waals surface area contributed by atoms with Crippen LogP contribution in [0.1, 0.15) is 90.5 Å². The summed E-state index contributed by atoms with van der Waals surface area (Å²) in [5.74, 6) is -0.359. The molecule has 22 aromatic rings. The molecular weight excluding hydrogens is 2480 g/mol. The normalized spacial score (nSPS) is 12.6. The van der Waals surface area contributed by atoms with Crippen molar-refractivity contribution in [1.82, 2.24) is 54.8 Å². The summed E-state index contributed by atoms with van der Waals surface area (Å²) in [4.78, 5) is 59.1. The van der Waals surface area contributed by atoms with Crippen LogP contribution in [0.15, 0.2) is 391 Å². The van der Waals surface area contributed by atoms with Gasteiger partial charge in [-0.25, -0.2) is 33.7 Å². The number of aliphatic hydroxyl groups is 1. The fraction of sp³-hybridized carbons (Fsp3) is 0.0909. The number of rotatable bonds is 14. The zero-order valence-electron chi connectivity index (χ0n) is 89.0. The summed E-state index contributed by atoms with van der Waals surface area (Å²) >= 11 is 0. The van der Waals surface area contributed by atoms with E-state index in [1.807, 2.05) is 188 Å². The van der Waals surface area contributed by atoms with E-state index < -0.39 is 32.8 Å². The van der Waals surface area contributed by atoms with Crippen LogP contribution in [0.25, 0.3) is 179 Å². The van der Waals surface area contributed by atoms with E-state index >= 15 is 0 Å². The van der Waals surface area contributed by atoms with Crippen molar-refractivity contribution in [3.8, 4) is 124 Å². The minimum atomic E-state index is -2.37. The van der Waals surface area contributed by atoms with Gasteiger partial charge in [0, 0.05) is 167 Å². The van der Waals surface area contributed by atoms with Crippen LogP contribution in [0.4, 0.5) is 8.78 Å². The molecule has 1 atom stereocenters. The molecule has 11 aromatic heterocycles. The van der Waals surface area contributed by atoms with Gasteiger partial charge in [-0.1, -0.05) is 223 Å². The van der Waals surface area contributed by atoms with E-state index in [4.69, 9.17) is 45.3 Å². The molecule has 0 fully saturated rings. The van der Waals surface area contributed by atoms with Gasteiger partial charge >= 0.3 is 0 Å². The molecule has 0 amide bonds. The number of pyridine rings is 8. The maximum atomic E-state index is 13.3. The summed E-state index contributed by atoms with van der Waals surface area (Å²) in [5.41, 5.74) is 22.0. The summed E-state index contributed by atoms with van der Waals surface area (Å²) in [6.45, 7) is 2.92. The van der Waals surface area contributed by atoms with Crippen molar-refractivity contribution in [3.05, 3.63) is 464 Å². The smallest absolute Gasteiger partial charge is 0.216 e. The van der Waals surface area contributed by atoms with Gasteiger partial charge in [0.15, 0.2) is 17.4 Å². The molecule has 0 bridgehead atoms. The molecule has 0 aliphatic rings. The zero-order chi connectivity index (χ0) is 106. The topological polar surface area (TPSA) is 205 Å². The van der Waals surface area contributed by atoms with E-state index in [1.165, 1.54) is 86.7 Å². The number of allylic oxidation sites excluding steroid dienone is 2. The molecule has 11 heterocycles. The van der Waals surface area contributed by atoms with Crippen molar-refractivity contribution in [2.75, 3.05) is 0 Å². The summed E-state index contributed by atoms with van der Waals surface area (Å²) in [5, 5.41) is 12.6. The Morgan fingerprint density at radius 2 is 0.845 bits per heavy atom. The number of aliphatic hydroxyl groups excluding tert-OH is 1. The Morgan fingerprint density at radius 1 is 0.401 bits per heavy atom. The van der Waals surface area contributed by atoms with E-state index in [0.29, 0.717) is 62.3 Å². The predicted molar refractivity (Wildman–Crippen MR) is 549 cm³/mol. The van der Waals surface area contributed by atoms with Gasteiger partial charge in [0.25, 0.3) is 0 Å². The summed E-state index contributed by atoms with van der Waals surface area (Å²) in [6.07, 6.45) is 8.40. The van der Waals surface area contributed by atoms with Crippen LogP contribution in [0.5, 0.6) is 0 Å². The first kappa shape index (κ1) is 89.8. The molecule has 0 aliphatic heterocycles. The van der Waals surface area contributed by atoms with Crippen LogP contribution in [-0.2, 0) is 91.6 Å². The number of furan rings is 2. The van der Waals surface area contributed by atoms with Crippen molar-refractivity contribution in [2.45, 2.75) is 74.4 Å². The Balaban J connectivity index is 0.000000163. The molecule has 15 nitrogen and oxygen atoms in total. The van der Waals surface area contributed by atoms with Gasteiger partial charge in [-0.15, -0.1) is 173 Å². The Hall–Kier alpha value is -14.8. The fourth-order valence-electron chi connectivity index (χ4n) is 14.5. The molecule has 712 valence electrons. The van der Waals surface area contributed by atoms with E-state index in [9.17, 15) is 13.6 Å². The molecule has 142 heavy (non-hydrogen) atoms. The van der Waals surface area contributed by atoms with Gasteiger partial charge in [0.05, 0.1) is 22.4 Å². The number of para-hydroxylation sites is 1. The zero-order valence-corrected chi connectivity index (χ0v) is 86.6. The third-order valence-electron chi connectivity index (χ3n) is 21.5. The molecule has 1 N–H and O–H groups in total. The van der Waals surface area contributed by atoms with Gasteiger partial charge in [0.2, 0.25) is 11.4 Å². The maximum Gasteiger partial charge on any atom is 0.216 e. The van der Waals surface area contributed by atoms with Crippen molar-refractivity contribution >= 4 is 60.8 Å². The number of carbonyl (C=O) groups is 1. The first-order chi connectivity index (χ1) is 71.9. The number of fused-ring (bicyclic) bond motifs is 7. The van der Waals surface area contributed by atoms with Crippen LogP contribution < -0.4 is 0 Å². The minimum Gasteiger partial charge on any atom is -0.512 e. The van der Waals surface area contributed by atoms with Crippen molar-refractivity contribution < 1.29 is 124 Å². The van der Waals surface area contributed by atoms with Gasteiger partial charge in [0.1, 0.15) is 17.5 Å². The quantitative estimate of drug-likeness (QED) is 0.0611. The molecule has 0 saturated heterocycles. The van der Waals surface area contributed by atoms with Crippen LogP contribution in [0.3, 0.4) is 0 Å². The number of aromatic nitrogens is 11. The Bertz CT molecular complexity index is 8190. The third-order valence-corrected chi connectivity index (χ3v) is 21.5. The second-order valence-electron chi connectivity index (χ2n) is 31.5. The molecule has 22 rings (SSSR count). The first-order valence-electron chi connectivity index (χ1n) is 49.8. The van der Waals surface area contributed by atoms with Crippen molar-refractivity contribution in [2.24, 2.45) is 0 Å². The average Bonchev–Trinajstić information content (AvgIpc) is 1.61. The predicted octanol–water partition coefficient (Wildman–Crippen LogP) is 29.8. The molecule has 0 spiro atoms. The first-order valence-corrected chi connectivity index (χ1v) is 43.8. The molecule has 4 radical (unpaired) electrons. The largest absolute Gasteiger partial charge is 0.512 e. The van der Waals surface area contributed by atoms with Crippen LogP contribution in [0.2, 0.25) is 0 Å². The fourth-order valence-corrected chi connectivity index (χ4v) is 14.5. The monoisotopic (exact) mass is 2590 g/mol. The van der Waals surface area contributed by atoms with E-state index in [-0.39, 0.29) is 126 Å². The molecule has 0 aliphatic carbocycles. The maximum absolute atomic E-state index is 13.3. The molecule has 21 heteroatoms. The number of nitrogens with zero attached hydrogens (tertiary/aromatic N) is 11. The number of ketones is 1. The number of hydrogen-bond donors (Lipinski definition) is 1. The number of carbonyl (C=O) groups excluding carboxylic acids is 1. The van der Waals surface area contributed by atoms with E-state index in [0.717, 1.165) is 111 Å². The number of benzene rings is 11. The molecule has 1 unspecified atom stereocenters. The SMILES string of the molecule is CC(=O)C=C(C)O.Cc1ccc(-c2nc(-c3c[c-]c(-c4ccccn4)cc3)nc(-c3ccc(C)cc3)n2)cc1.[2H]C([2H])(C)c1c[c-]c(-c2ccccn2)cc1.[2H]C([2H])([2H])C([2H])(C)c1c[c-]c(-c2ccccn2)cc1.[2H]C([2H])([2H])c1ccc2c(n1)oc1c(-c3cc(-c4ccc(F)cc4)ccn3)[c-]ccc12.[2H]C([2H])([2H])c1ccc2c(n1)oc1c(-c3cc(-c4ccc(F)cc4)ccn3)[c-]ccc12.[Ir].[Ir].[Ir].[Ir].[c-]1ccccc1-c1ccc2ccccc2n1. The molecule has 11 aromatic carbocycles. The minimum absolute atomic E-state index is 0. The second kappa shape index (κ2) is 51.4. The number of aryl methyl sites for hydroxylation is 5. The van der Waals surface area contributed by atoms with Crippen molar-refractivity contribution in [3.63, 3.8) is 0 Å². The van der Waals surface area contributed by atoms with Gasteiger partial charge in [-0.2, -0.15) is 0 Å². The summed E-state index contributed by atoms with van der Waals surface area (Å²) in [6, 6.07) is 122. The number of hydrogen-bond acceptors (Lipinski definition) is 15. The average molecular weight is 2580 g/mol. The van der Waals surface area contributed by atoms with Crippen molar-refractivity contribution in [1.29, 1.82) is 0 Å². The van der Waals surface area contributed by atoms with Crippen LogP contribution >= 0.6 is 0 Å². The van der Waals surface area contributed by atoms with E-state index in [2.05, 4.69) is 127 Å². The third kappa shape index (κ3) is 27.9. The molecule has 0 saturated carbocycles. The summed E-state index contributed by atoms with van der Waals surface area (Å²) < 4.78 is 129. The van der Waals surface area contributed by atoms with Gasteiger partial charge in [-0.05, 0) is 188 Å². The van der Waals surface area contributed by atoms with Crippen LogP contribution in [-0.4, -0.2) is 65.7 Å². The van der Waals surface area contributed by atoms with Crippen LogP contribution in [0, 0.1) is 75.6 Å². The Morgan fingerprint density at radius 3 is 1.26 bits per heavy atom. The Labute approximate surface area is 895 Å². The standard InChI is InChI=1S/C28H21N4.2C23H14FN2O.C15H10N.C14H14N.C13H12N.C5H8O2.4Ir/c1-19-6-10-22(11-7-19)26-30-27(23-12-8-20(2)9-13-23)32-28(31-26)24-16-14-21(15-17-24)25-5-3-4-18-29-25;2*1-14-5-10-19-18-3-2-4-20(22(18)27-23(19)26-14)21-13-16(11-12-25-21)15-6-8-17(24)9-7-15;1-2-6-12(7-3-1)15-11-10-13-8-4-5-9-14(13)16-15;1-11(2)12-6-8-13(9-7-12)14-5-3-4-10-15-14;1-2-11-6-8-12(9-7-11)13-5-3-4-10-14-13;1-4(6)3-5(2)7;;;;/h3-14,16-18H,1-2H3;2*2-3,5-13H,1H3;1-6,8-11H;3-8,10-11H,1-2H3;3-8,10H,2H2,1H3;3,6H,1-2H3;;;;/q6*-1;;;;;/i;2*1D3;;1D3,11D;2D2;;;;;. The Kier molecular flexibility index (Phi) is 32.5. The number of halogens is 2. The van der Waals surface area contributed by atoms with E-state index in [1.54, 1.807) is 110 Å². The van der Waals surface area contributed by atoms with Gasteiger partial charge < -0.3 is 38.9 Å². The second-order valence-corrected chi connectivity index (χ2v) is 31.5.